The number of allylic oxidation sites excluding steroid dienone is 2. The van der Waals surface area contributed by atoms with Crippen molar-refractivity contribution in [2.24, 2.45) is 11.8 Å². The van der Waals surface area contributed by atoms with Crippen molar-refractivity contribution in [2.45, 2.75) is 44.6 Å². The molecule has 1 aromatic rings. The summed E-state index contributed by atoms with van der Waals surface area (Å²) in [5.74, 6) is -1.68. The minimum absolute atomic E-state index is 0.0123. The van der Waals surface area contributed by atoms with Gasteiger partial charge in [0.25, 0.3) is 0 Å². The minimum Gasteiger partial charge on any atom is -0.481 e. The van der Waals surface area contributed by atoms with Crippen LogP contribution in [0.25, 0.3) is 0 Å². The number of carbonyl (C=O) groups is 3. The van der Waals surface area contributed by atoms with Crippen molar-refractivity contribution in [3.8, 4) is 0 Å². The number of hydrogen-bond acceptors (Lipinski definition) is 5. The first-order valence-corrected chi connectivity index (χ1v) is 9.99. The molecule has 0 radical (unpaired) electrons. The topological polar surface area (TPSA) is 113 Å². The Morgan fingerprint density at radius 1 is 1.21 bits per heavy atom. The maximum absolute atomic E-state index is 12.2. The molecule has 0 spiro atoms. The van der Waals surface area contributed by atoms with Crippen molar-refractivity contribution in [1.82, 2.24) is 5.32 Å². The van der Waals surface area contributed by atoms with Crippen LogP contribution < -0.4 is 5.32 Å². The van der Waals surface area contributed by atoms with Crippen molar-refractivity contribution < 1.29 is 29.3 Å². The number of benzene rings is 1. The van der Waals surface area contributed by atoms with Crippen LogP contribution in [0.1, 0.15) is 37.7 Å². The van der Waals surface area contributed by atoms with Gasteiger partial charge in [0, 0.05) is 31.2 Å². The summed E-state index contributed by atoms with van der Waals surface area (Å²) in [5, 5.41) is 21.4. The maximum atomic E-state index is 12.2. The van der Waals surface area contributed by atoms with Crippen molar-refractivity contribution in [3.63, 3.8) is 0 Å². The zero-order chi connectivity index (χ0) is 21.1. The van der Waals surface area contributed by atoms with Gasteiger partial charge in [-0.25, -0.2) is 4.79 Å². The Labute approximate surface area is 170 Å². The van der Waals surface area contributed by atoms with Crippen LogP contribution in [-0.4, -0.2) is 47.3 Å². The van der Waals surface area contributed by atoms with E-state index in [2.05, 4.69) is 5.32 Å². The van der Waals surface area contributed by atoms with Crippen LogP contribution in [0.15, 0.2) is 42.5 Å². The van der Waals surface area contributed by atoms with Crippen LogP contribution in [0.2, 0.25) is 0 Å². The number of aliphatic hydroxyl groups is 1. The minimum atomic E-state index is -0.827. The van der Waals surface area contributed by atoms with Gasteiger partial charge in [-0.05, 0) is 31.2 Å². The monoisotopic (exact) mass is 403 g/mol. The smallest absolute Gasteiger partial charge is 0.407 e. The third-order valence-electron chi connectivity index (χ3n) is 5.09. The molecule has 0 heterocycles. The van der Waals surface area contributed by atoms with Gasteiger partial charge < -0.3 is 20.3 Å². The molecule has 158 valence electrons. The van der Waals surface area contributed by atoms with E-state index >= 15 is 0 Å². The number of rotatable bonds is 11. The zero-order valence-corrected chi connectivity index (χ0v) is 16.5. The van der Waals surface area contributed by atoms with Gasteiger partial charge in [-0.15, -0.1) is 0 Å². The van der Waals surface area contributed by atoms with Crippen LogP contribution in [0.3, 0.4) is 0 Å². The highest BCUT2D eigenvalue weighted by atomic mass is 16.5. The van der Waals surface area contributed by atoms with Gasteiger partial charge in [-0.3, -0.25) is 9.59 Å². The second-order valence-electron chi connectivity index (χ2n) is 7.26. The first kappa shape index (κ1) is 22.6. The Morgan fingerprint density at radius 2 is 1.97 bits per heavy atom. The number of aliphatic carboxylic acids is 1. The predicted molar refractivity (Wildman–Crippen MR) is 107 cm³/mol. The lowest BCUT2D eigenvalue weighted by Crippen LogP contribution is -2.32. The number of unbranched alkanes of at least 4 members (excludes halogenated alkanes) is 1. The molecular formula is C22H29NO6. The van der Waals surface area contributed by atoms with E-state index < -0.39 is 30.0 Å². The molecule has 1 aliphatic rings. The van der Waals surface area contributed by atoms with E-state index in [0.29, 0.717) is 32.2 Å². The van der Waals surface area contributed by atoms with E-state index in [1.807, 2.05) is 42.5 Å². The molecule has 29 heavy (non-hydrogen) atoms. The molecule has 1 aromatic carbocycles. The van der Waals surface area contributed by atoms with E-state index in [1.54, 1.807) is 0 Å². The molecule has 0 unspecified atom stereocenters. The number of Topliss-reactive ketones (excluding diaryl/α,β-unsaturated/α-hetero) is 1. The van der Waals surface area contributed by atoms with Gasteiger partial charge in [0.05, 0.1) is 12.7 Å². The number of carboxylic acid groups (broad SMARTS) is 1. The van der Waals surface area contributed by atoms with Crippen LogP contribution in [0, 0.1) is 11.8 Å². The van der Waals surface area contributed by atoms with E-state index in [0.717, 1.165) is 5.56 Å². The average molecular weight is 403 g/mol. The highest BCUT2D eigenvalue weighted by molar-refractivity contribution is 5.84. The quantitative estimate of drug-likeness (QED) is 0.387. The standard InChI is InChI=1S/C22H29NO6/c24-19-14-20(25)18(17(19)10-6-1-2-7-11-21(26)27)15-29-22(28)23-13-12-16-8-4-3-5-9-16/h1,3-6,8-9,17-18,20,25H,2,7,10-15H2,(H,23,28)(H,26,27)/b6-1-/t17-,18-,20-/m1/s1. The summed E-state index contributed by atoms with van der Waals surface area (Å²) in [5.41, 5.74) is 1.11. The highest BCUT2D eigenvalue weighted by Crippen LogP contribution is 2.32. The number of ketones is 1. The molecular weight excluding hydrogens is 374 g/mol. The summed E-state index contributed by atoms with van der Waals surface area (Å²) < 4.78 is 5.23. The lowest BCUT2D eigenvalue weighted by atomic mass is 9.91. The lowest BCUT2D eigenvalue weighted by Gasteiger charge is -2.20. The average Bonchev–Trinajstić information content (AvgIpc) is 2.96. The van der Waals surface area contributed by atoms with Crippen LogP contribution >= 0.6 is 0 Å². The second-order valence-corrected chi connectivity index (χ2v) is 7.26. The number of nitrogens with one attached hydrogen (secondary N) is 1. The molecule has 3 atom stereocenters. The fourth-order valence-electron chi connectivity index (χ4n) is 3.46. The van der Waals surface area contributed by atoms with Gasteiger partial charge in [-0.1, -0.05) is 42.5 Å². The van der Waals surface area contributed by atoms with Crippen molar-refractivity contribution >= 4 is 17.8 Å². The molecule has 1 aliphatic carbocycles. The van der Waals surface area contributed by atoms with Crippen LogP contribution in [0.4, 0.5) is 4.79 Å². The number of hydrogen-bond donors (Lipinski definition) is 3. The number of carbonyl (C=O) groups excluding carboxylic acids is 2. The van der Waals surface area contributed by atoms with Gasteiger partial charge in [0.1, 0.15) is 5.78 Å². The summed E-state index contributed by atoms with van der Waals surface area (Å²) >= 11 is 0. The summed E-state index contributed by atoms with van der Waals surface area (Å²) in [6.45, 7) is 0.430. The van der Waals surface area contributed by atoms with Crippen molar-refractivity contribution in [2.75, 3.05) is 13.2 Å². The molecule has 2 rings (SSSR count). The van der Waals surface area contributed by atoms with Gasteiger partial charge in [0.2, 0.25) is 0 Å². The summed E-state index contributed by atoms with van der Waals surface area (Å²) in [7, 11) is 0. The zero-order valence-electron chi connectivity index (χ0n) is 16.5. The number of ether oxygens (including phenoxy) is 1. The Morgan fingerprint density at radius 3 is 2.69 bits per heavy atom. The molecule has 1 saturated carbocycles. The molecule has 0 bridgehead atoms. The molecule has 7 nitrogen and oxygen atoms in total. The van der Waals surface area contributed by atoms with Gasteiger partial charge in [-0.2, -0.15) is 0 Å². The Bertz CT molecular complexity index is 703. The van der Waals surface area contributed by atoms with E-state index in [-0.39, 0.29) is 25.2 Å². The molecule has 3 N–H and O–H groups in total. The number of aliphatic hydroxyl groups excluding tert-OH is 1. The number of amides is 1. The molecule has 0 saturated heterocycles. The summed E-state index contributed by atoms with van der Waals surface area (Å²) in [6, 6.07) is 9.77. The van der Waals surface area contributed by atoms with Crippen molar-refractivity contribution in [1.29, 1.82) is 0 Å². The Hall–Kier alpha value is -2.67. The Kier molecular flexibility index (Phi) is 9.37. The van der Waals surface area contributed by atoms with Gasteiger partial charge >= 0.3 is 12.1 Å². The molecule has 1 amide bonds. The molecule has 0 aliphatic heterocycles. The van der Waals surface area contributed by atoms with Gasteiger partial charge in [0.15, 0.2) is 0 Å². The lowest BCUT2D eigenvalue weighted by molar-refractivity contribution is -0.137. The third-order valence-corrected chi connectivity index (χ3v) is 5.09. The SMILES string of the molecule is O=C(O)CCC/C=C\C[C@H]1C(=O)C[C@@H](O)[C@@H]1COC(=O)NCCc1ccccc1. The fraction of sp³-hybridized carbons (Fsp3) is 0.500. The molecule has 1 fully saturated rings. The first-order chi connectivity index (χ1) is 14.0. The van der Waals surface area contributed by atoms with Crippen LogP contribution in [-0.2, 0) is 20.7 Å². The first-order valence-electron chi connectivity index (χ1n) is 9.99. The summed E-state index contributed by atoms with van der Waals surface area (Å²) in [6.07, 6.45) is 4.82. The fourth-order valence-corrected chi connectivity index (χ4v) is 3.46. The normalized spacial score (nSPS) is 21.4. The van der Waals surface area contributed by atoms with Crippen molar-refractivity contribution in [3.05, 3.63) is 48.0 Å². The van der Waals surface area contributed by atoms with Crippen LogP contribution in [0.5, 0.6) is 0 Å². The van der Waals surface area contributed by atoms with E-state index in [4.69, 9.17) is 9.84 Å². The second kappa shape index (κ2) is 12.0. The highest BCUT2D eigenvalue weighted by Gasteiger charge is 2.41. The number of carboxylic acids is 1. The largest absolute Gasteiger partial charge is 0.481 e. The summed E-state index contributed by atoms with van der Waals surface area (Å²) in [4.78, 5) is 34.5. The van der Waals surface area contributed by atoms with E-state index in [9.17, 15) is 19.5 Å². The predicted octanol–water partition coefficient (Wildman–Crippen LogP) is 2.72. The molecule has 7 heteroatoms. The molecule has 0 aromatic heterocycles. The number of alkyl carbamates (subject to hydrolysis) is 1. The maximum Gasteiger partial charge on any atom is 0.407 e. The third kappa shape index (κ3) is 8.07. The Balaban J connectivity index is 1.71. The van der Waals surface area contributed by atoms with E-state index in [1.165, 1.54) is 0 Å².